The SMILES string of the molecule is CC(=O)N1c2ccccc2C[C@H]1C(=O)N1CCC(F)(CO)C1. The Hall–Kier alpha value is -1.95. The quantitative estimate of drug-likeness (QED) is 0.883. The zero-order valence-electron chi connectivity index (χ0n) is 12.5. The average Bonchev–Trinajstić information content (AvgIpc) is 3.08. The number of carbonyl (C=O) groups is 2. The third-order valence-corrected chi connectivity index (χ3v) is 4.50. The lowest BCUT2D eigenvalue weighted by atomic mass is 10.1. The maximum absolute atomic E-state index is 14.1. The third-order valence-electron chi connectivity index (χ3n) is 4.50. The number of hydrogen-bond donors (Lipinski definition) is 1. The Kier molecular flexibility index (Phi) is 3.64. The van der Waals surface area contributed by atoms with E-state index in [0.29, 0.717) is 6.42 Å². The van der Waals surface area contributed by atoms with Gasteiger partial charge in [0.05, 0.1) is 13.2 Å². The molecular weight excluding hydrogens is 287 g/mol. The molecule has 1 unspecified atom stereocenters. The van der Waals surface area contributed by atoms with E-state index in [9.17, 15) is 14.0 Å². The summed E-state index contributed by atoms with van der Waals surface area (Å²) in [7, 11) is 0. The van der Waals surface area contributed by atoms with E-state index in [1.807, 2.05) is 24.3 Å². The van der Waals surface area contributed by atoms with E-state index in [0.717, 1.165) is 11.3 Å². The molecule has 0 spiro atoms. The van der Waals surface area contributed by atoms with Crippen LogP contribution in [0.1, 0.15) is 18.9 Å². The van der Waals surface area contributed by atoms with Crippen LogP contribution in [0, 0.1) is 0 Å². The fourth-order valence-corrected chi connectivity index (χ4v) is 3.34. The van der Waals surface area contributed by atoms with Crippen molar-refractivity contribution in [1.29, 1.82) is 0 Å². The summed E-state index contributed by atoms with van der Waals surface area (Å²) in [5.41, 5.74) is -0.0209. The summed E-state index contributed by atoms with van der Waals surface area (Å²) in [6.07, 6.45) is 0.582. The second-order valence-corrected chi connectivity index (χ2v) is 6.06. The van der Waals surface area contributed by atoms with E-state index in [4.69, 9.17) is 5.11 Å². The molecule has 2 atom stereocenters. The van der Waals surface area contributed by atoms with Gasteiger partial charge in [0.15, 0.2) is 5.67 Å². The first kappa shape index (κ1) is 15.0. The lowest BCUT2D eigenvalue weighted by Gasteiger charge is -2.28. The highest BCUT2D eigenvalue weighted by atomic mass is 19.1. The molecule has 118 valence electrons. The van der Waals surface area contributed by atoms with Crippen LogP contribution in [0.2, 0.25) is 0 Å². The Labute approximate surface area is 128 Å². The van der Waals surface area contributed by atoms with Gasteiger partial charge >= 0.3 is 0 Å². The highest BCUT2D eigenvalue weighted by Crippen LogP contribution is 2.34. The van der Waals surface area contributed by atoms with Gasteiger partial charge in [-0.05, 0) is 11.6 Å². The molecule has 0 radical (unpaired) electrons. The number of likely N-dealkylation sites (tertiary alicyclic amines) is 1. The van der Waals surface area contributed by atoms with Gasteiger partial charge in [-0.3, -0.25) is 14.5 Å². The highest BCUT2D eigenvalue weighted by molar-refractivity contribution is 6.02. The topological polar surface area (TPSA) is 60.9 Å². The first-order chi connectivity index (χ1) is 10.4. The van der Waals surface area contributed by atoms with Gasteiger partial charge < -0.3 is 10.0 Å². The maximum Gasteiger partial charge on any atom is 0.246 e. The predicted molar refractivity (Wildman–Crippen MR) is 79.2 cm³/mol. The monoisotopic (exact) mass is 306 g/mol. The number of hydrogen-bond acceptors (Lipinski definition) is 3. The molecule has 6 heteroatoms. The van der Waals surface area contributed by atoms with Gasteiger partial charge in [0.25, 0.3) is 0 Å². The predicted octanol–water partition coefficient (Wildman–Crippen LogP) is 0.897. The molecule has 1 aromatic carbocycles. The summed E-state index contributed by atoms with van der Waals surface area (Å²) in [5, 5.41) is 9.09. The van der Waals surface area contributed by atoms with Crippen molar-refractivity contribution >= 4 is 17.5 Å². The first-order valence-corrected chi connectivity index (χ1v) is 7.41. The molecule has 5 nitrogen and oxygen atoms in total. The first-order valence-electron chi connectivity index (χ1n) is 7.41. The number of anilines is 1. The van der Waals surface area contributed by atoms with Gasteiger partial charge in [-0.15, -0.1) is 0 Å². The Bertz CT molecular complexity index is 621. The largest absolute Gasteiger partial charge is 0.393 e. The molecule has 2 aliphatic heterocycles. The minimum atomic E-state index is -1.72. The smallest absolute Gasteiger partial charge is 0.246 e. The fourth-order valence-electron chi connectivity index (χ4n) is 3.34. The second kappa shape index (κ2) is 5.35. The number of aliphatic hydroxyl groups is 1. The van der Waals surface area contributed by atoms with E-state index in [2.05, 4.69) is 0 Å². The normalized spacial score (nSPS) is 27.1. The molecule has 2 aliphatic rings. The van der Waals surface area contributed by atoms with E-state index >= 15 is 0 Å². The summed E-state index contributed by atoms with van der Waals surface area (Å²) in [5.74, 6) is -0.449. The summed E-state index contributed by atoms with van der Waals surface area (Å²) < 4.78 is 14.1. The van der Waals surface area contributed by atoms with Crippen LogP contribution >= 0.6 is 0 Å². The lowest BCUT2D eigenvalue weighted by molar-refractivity contribution is -0.133. The lowest BCUT2D eigenvalue weighted by Crippen LogP contribution is -2.49. The summed E-state index contributed by atoms with van der Waals surface area (Å²) in [4.78, 5) is 27.6. The summed E-state index contributed by atoms with van der Waals surface area (Å²) >= 11 is 0. The molecule has 1 saturated heterocycles. The zero-order chi connectivity index (χ0) is 15.9. The van der Waals surface area contributed by atoms with Crippen LogP contribution in [0.15, 0.2) is 24.3 Å². The van der Waals surface area contributed by atoms with Crippen LogP contribution in [0.4, 0.5) is 10.1 Å². The summed E-state index contributed by atoms with van der Waals surface area (Å²) in [6, 6.07) is 6.81. The molecule has 0 aromatic heterocycles. The van der Waals surface area contributed by atoms with Crippen LogP contribution in [0.5, 0.6) is 0 Å². The molecule has 2 amide bonds. The van der Waals surface area contributed by atoms with Crippen LogP contribution in [0.25, 0.3) is 0 Å². The van der Waals surface area contributed by atoms with Crippen LogP contribution in [-0.2, 0) is 16.0 Å². The van der Waals surface area contributed by atoms with Gasteiger partial charge in [0.2, 0.25) is 11.8 Å². The Balaban J connectivity index is 1.83. The minimum Gasteiger partial charge on any atom is -0.393 e. The van der Waals surface area contributed by atoms with Crippen LogP contribution in [0.3, 0.4) is 0 Å². The molecule has 1 aromatic rings. The van der Waals surface area contributed by atoms with Gasteiger partial charge in [0.1, 0.15) is 6.04 Å². The molecule has 3 rings (SSSR count). The minimum absolute atomic E-state index is 0.110. The molecule has 1 N–H and O–H groups in total. The molecule has 0 bridgehead atoms. The van der Waals surface area contributed by atoms with Gasteiger partial charge in [-0.2, -0.15) is 0 Å². The van der Waals surface area contributed by atoms with Crippen molar-refractivity contribution in [3.05, 3.63) is 29.8 Å². The second-order valence-electron chi connectivity index (χ2n) is 6.06. The van der Waals surface area contributed by atoms with Gasteiger partial charge in [0, 0.05) is 32.0 Å². The van der Waals surface area contributed by atoms with E-state index < -0.39 is 18.3 Å². The number of fused-ring (bicyclic) bond motifs is 1. The van der Waals surface area contributed by atoms with Crippen molar-refractivity contribution in [2.75, 3.05) is 24.6 Å². The number of benzene rings is 1. The van der Waals surface area contributed by atoms with Crippen LogP contribution < -0.4 is 4.90 Å². The third kappa shape index (κ3) is 2.37. The maximum atomic E-state index is 14.1. The molecule has 0 aliphatic carbocycles. The van der Waals surface area contributed by atoms with Crippen molar-refractivity contribution in [1.82, 2.24) is 4.90 Å². The Morgan fingerprint density at radius 2 is 2.14 bits per heavy atom. The number of amides is 2. The van der Waals surface area contributed by atoms with Crippen molar-refractivity contribution < 1.29 is 19.1 Å². The number of carbonyl (C=O) groups excluding carboxylic acids is 2. The summed E-state index contributed by atoms with van der Waals surface area (Å²) in [6.45, 7) is 1.01. The molecule has 22 heavy (non-hydrogen) atoms. The molecule has 2 heterocycles. The molecule has 1 fully saturated rings. The van der Waals surface area contributed by atoms with Crippen molar-refractivity contribution in [3.8, 4) is 0 Å². The number of para-hydroxylation sites is 1. The highest BCUT2D eigenvalue weighted by Gasteiger charge is 2.45. The average molecular weight is 306 g/mol. The Morgan fingerprint density at radius 1 is 1.41 bits per heavy atom. The van der Waals surface area contributed by atoms with Crippen molar-refractivity contribution in [2.24, 2.45) is 0 Å². The standard InChI is InChI=1S/C16H19FN2O3/c1-11(21)19-13-5-3-2-4-12(13)8-14(19)15(22)18-7-6-16(17,9-18)10-20/h2-5,14,20H,6-10H2,1H3/t14-,16?/m0/s1. The van der Waals surface area contributed by atoms with Gasteiger partial charge in [-0.1, -0.05) is 18.2 Å². The number of rotatable bonds is 2. The number of aliphatic hydroxyl groups excluding tert-OH is 1. The van der Waals surface area contributed by atoms with E-state index in [-0.39, 0.29) is 31.3 Å². The fraction of sp³-hybridized carbons (Fsp3) is 0.500. The Morgan fingerprint density at radius 3 is 2.77 bits per heavy atom. The van der Waals surface area contributed by atoms with E-state index in [1.165, 1.54) is 16.7 Å². The van der Waals surface area contributed by atoms with Crippen LogP contribution in [-0.4, -0.2) is 53.2 Å². The number of halogens is 1. The van der Waals surface area contributed by atoms with Gasteiger partial charge in [-0.25, -0.2) is 4.39 Å². The number of alkyl halides is 1. The molecule has 0 saturated carbocycles. The molecular formula is C16H19FN2O3. The number of nitrogens with zero attached hydrogens (tertiary/aromatic N) is 2. The van der Waals surface area contributed by atoms with Crippen molar-refractivity contribution in [3.63, 3.8) is 0 Å². The zero-order valence-corrected chi connectivity index (χ0v) is 12.5. The van der Waals surface area contributed by atoms with E-state index in [1.54, 1.807) is 0 Å². The van der Waals surface area contributed by atoms with Crippen molar-refractivity contribution in [2.45, 2.75) is 31.5 Å².